The second-order valence-corrected chi connectivity index (χ2v) is 8.73. The SMILES string of the molecule is CCCN1CCN(C(=O)c2cc(C)oc2C)[C@@H]2CS(=O)(=O)C[C@@H]21. The molecule has 2 atom stereocenters. The van der Waals surface area contributed by atoms with Gasteiger partial charge in [-0.15, -0.1) is 0 Å². The average Bonchev–Trinajstić information content (AvgIpc) is 2.97. The third-order valence-electron chi connectivity index (χ3n) is 4.83. The van der Waals surface area contributed by atoms with E-state index in [0.29, 0.717) is 23.6 Å². The van der Waals surface area contributed by atoms with Gasteiger partial charge in [0.15, 0.2) is 9.84 Å². The largest absolute Gasteiger partial charge is 0.466 e. The summed E-state index contributed by atoms with van der Waals surface area (Å²) in [6.45, 7) is 7.85. The number of furan rings is 1. The van der Waals surface area contributed by atoms with Crippen LogP contribution >= 0.6 is 0 Å². The van der Waals surface area contributed by atoms with Gasteiger partial charge in [-0.3, -0.25) is 9.69 Å². The molecule has 0 bridgehead atoms. The maximum atomic E-state index is 12.9. The first-order valence-electron chi connectivity index (χ1n) is 8.15. The number of sulfone groups is 1. The molecule has 0 N–H and O–H groups in total. The number of hydrogen-bond donors (Lipinski definition) is 0. The zero-order valence-corrected chi connectivity index (χ0v) is 14.7. The van der Waals surface area contributed by atoms with Crippen LogP contribution in [0.5, 0.6) is 0 Å². The molecule has 23 heavy (non-hydrogen) atoms. The summed E-state index contributed by atoms with van der Waals surface area (Å²) in [5.74, 6) is 1.42. The van der Waals surface area contributed by atoms with E-state index in [4.69, 9.17) is 4.42 Å². The number of piperazine rings is 1. The Morgan fingerprint density at radius 3 is 2.57 bits per heavy atom. The first-order chi connectivity index (χ1) is 10.8. The molecule has 0 unspecified atom stereocenters. The van der Waals surface area contributed by atoms with Crippen LogP contribution in [-0.4, -0.2) is 67.3 Å². The number of fused-ring (bicyclic) bond motifs is 1. The summed E-state index contributed by atoms with van der Waals surface area (Å²) >= 11 is 0. The van der Waals surface area contributed by atoms with Crippen molar-refractivity contribution in [3.05, 3.63) is 23.2 Å². The van der Waals surface area contributed by atoms with Crippen molar-refractivity contribution in [3.63, 3.8) is 0 Å². The first kappa shape index (κ1) is 16.5. The van der Waals surface area contributed by atoms with E-state index in [1.807, 2.05) is 6.92 Å². The van der Waals surface area contributed by atoms with Gasteiger partial charge in [0.2, 0.25) is 0 Å². The Hall–Kier alpha value is -1.34. The molecular formula is C16H24N2O4S. The first-order valence-corrected chi connectivity index (χ1v) is 9.97. The number of carbonyl (C=O) groups excluding carboxylic acids is 1. The van der Waals surface area contributed by atoms with Crippen LogP contribution in [0.15, 0.2) is 10.5 Å². The Morgan fingerprint density at radius 1 is 1.26 bits per heavy atom. The third-order valence-corrected chi connectivity index (χ3v) is 6.53. The highest BCUT2D eigenvalue weighted by Crippen LogP contribution is 2.29. The van der Waals surface area contributed by atoms with Gasteiger partial charge in [0.1, 0.15) is 11.5 Å². The van der Waals surface area contributed by atoms with E-state index in [2.05, 4.69) is 11.8 Å². The van der Waals surface area contributed by atoms with Crippen LogP contribution in [0.3, 0.4) is 0 Å². The molecule has 0 spiro atoms. The summed E-state index contributed by atoms with van der Waals surface area (Å²) in [7, 11) is -3.09. The van der Waals surface area contributed by atoms with E-state index in [1.54, 1.807) is 17.9 Å². The van der Waals surface area contributed by atoms with Gasteiger partial charge >= 0.3 is 0 Å². The van der Waals surface area contributed by atoms with Crippen molar-refractivity contribution in [2.24, 2.45) is 0 Å². The van der Waals surface area contributed by atoms with E-state index < -0.39 is 9.84 Å². The average molecular weight is 340 g/mol. The monoisotopic (exact) mass is 340 g/mol. The molecule has 3 rings (SSSR count). The molecule has 3 heterocycles. The van der Waals surface area contributed by atoms with Crippen molar-refractivity contribution in [1.82, 2.24) is 9.80 Å². The summed E-state index contributed by atoms with van der Waals surface area (Å²) in [5, 5.41) is 0. The molecule has 0 aliphatic carbocycles. The Kier molecular flexibility index (Phi) is 4.27. The number of carbonyl (C=O) groups is 1. The van der Waals surface area contributed by atoms with Crippen LogP contribution in [0.2, 0.25) is 0 Å². The normalized spacial score (nSPS) is 27.2. The predicted molar refractivity (Wildman–Crippen MR) is 87.3 cm³/mol. The topological polar surface area (TPSA) is 70.8 Å². The Morgan fingerprint density at radius 2 is 1.96 bits per heavy atom. The van der Waals surface area contributed by atoms with E-state index in [9.17, 15) is 13.2 Å². The summed E-state index contributed by atoms with van der Waals surface area (Å²) in [6.07, 6.45) is 0.983. The van der Waals surface area contributed by atoms with Crippen molar-refractivity contribution in [1.29, 1.82) is 0 Å². The van der Waals surface area contributed by atoms with Crippen molar-refractivity contribution in [2.75, 3.05) is 31.1 Å². The van der Waals surface area contributed by atoms with Crippen molar-refractivity contribution in [2.45, 2.75) is 39.3 Å². The van der Waals surface area contributed by atoms with Gasteiger partial charge < -0.3 is 9.32 Å². The fraction of sp³-hybridized carbons (Fsp3) is 0.688. The molecular weight excluding hydrogens is 316 g/mol. The highest BCUT2D eigenvalue weighted by Gasteiger charge is 2.48. The maximum Gasteiger partial charge on any atom is 0.257 e. The second kappa shape index (κ2) is 5.94. The van der Waals surface area contributed by atoms with Crippen LogP contribution in [0.4, 0.5) is 0 Å². The lowest BCUT2D eigenvalue weighted by molar-refractivity contribution is 0.0332. The summed E-state index contributed by atoms with van der Waals surface area (Å²) < 4.78 is 29.7. The lowest BCUT2D eigenvalue weighted by Crippen LogP contribution is -2.60. The minimum Gasteiger partial charge on any atom is -0.466 e. The molecule has 2 saturated heterocycles. The summed E-state index contributed by atoms with van der Waals surface area (Å²) in [5.41, 5.74) is 0.550. The fourth-order valence-electron chi connectivity index (χ4n) is 3.84. The Balaban J connectivity index is 1.89. The molecule has 7 heteroatoms. The highest BCUT2D eigenvalue weighted by molar-refractivity contribution is 7.91. The fourth-order valence-corrected chi connectivity index (χ4v) is 5.85. The Labute approximate surface area is 137 Å². The van der Waals surface area contributed by atoms with E-state index in [1.165, 1.54) is 0 Å². The number of hydrogen-bond acceptors (Lipinski definition) is 5. The summed E-state index contributed by atoms with van der Waals surface area (Å²) in [6, 6.07) is 1.42. The molecule has 1 aromatic rings. The van der Waals surface area contributed by atoms with Crippen LogP contribution in [0.25, 0.3) is 0 Å². The number of nitrogens with zero attached hydrogens (tertiary/aromatic N) is 2. The lowest BCUT2D eigenvalue weighted by Gasteiger charge is -2.43. The molecule has 1 aromatic heterocycles. The van der Waals surface area contributed by atoms with E-state index >= 15 is 0 Å². The zero-order valence-electron chi connectivity index (χ0n) is 13.9. The minimum atomic E-state index is -3.09. The molecule has 0 aromatic carbocycles. The molecule has 128 valence electrons. The zero-order chi connectivity index (χ0) is 16.8. The van der Waals surface area contributed by atoms with Gasteiger partial charge in [-0.2, -0.15) is 0 Å². The second-order valence-electron chi connectivity index (χ2n) is 6.57. The quantitative estimate of drug-likeness (QED) is 0.828. The maximum absolute atomic E-state index is 12.9. The van der Waals surface area contributed by atoms with Gasteiger partial charge in [0, 0.05) is 19.1 Å². The van der Waals surface area contributed by atoms with Gasteiger partial charge in [-0.05, 0) is 32.9 Å². The smallest absolute Gasteiger partial charge is 0.257 e. The standard InChI is InChI=1S/C16H24N2O4S/c1-4-5-17-6-7-18(15-10-23(20,21)9-14(15)17)16(19)13-8-11(2)22-12(13)3/h8,14-15H,4-7,9-10H2,1-3H3/t14-,15+/m0/s1. The molecule has 2 aliphatic rings. The van der Waals surface area contributed by atoms with E-state index in [0.717, 1.165) is 19.5 Å². The molecule has 0 saturated carbocycles. The lowest BCUT2D eigenvalue weighted by atomic mass is 10.0. The molecule has 2 aliphatic heterocycles. The molecule has 2 fully saturated rings. The van der Waals surface area contributed by atoms with Crippen LogP contribution < -0.4 is 0 Å². The van der Waals surface area contributed by atoms with Gasteiger partial charge in [-0.25, -0.2) is 8.42 Å². The summed E-state index contributed by atoms with van der Waals surface area (Å²) in [4.78, 5) is 16.9. The number of amides is 1. The van der Waals surface area contributed by atoms with Crippen molar-refractivity contribution >= 4 is 15.7 Å². The van der Waals surface area contributed by atoms with Gasteiger partial charge in [-0.1, -0.05) is 6.92 Å². The van der Waals surface area contributed by atoms with Gasteiger partial charge in [0.25, 0.3) is 5.91 Å². The van der Waals surface area contributed by atoms with Crippen molar-refractivity contribution < 1.29 is 17.6 Å². The minimum absolute atomic E-state index is 0.0690. The third kappa shape index (κ3) is 3.04. The predicted octanol–water partition coefficient (Wildman–Crippen LogP) is 1.23. The number of rotatable bonds is 3. The van der Waals surface area contributed by atoms with Crippen molar-refractivity contribution in [3.8, 4) is 0 Å². The van der Waals surface area contributed by atoms with Crippen LogP contribution in [0, 0.1) is 13.8 Å². The van der Waals surface area contributed by atoms with E-state index in [-0.39, 0.29) is 29.5 Å². The van der Waals surface area contributed by atoms with Crippen LogP contribution in [0.1, 0.15) is 35.2 Å². The Bertz CT molecular complexity index is 710. The molecule has 6 nitrogen and oxygen atoms in total. The highest BCUT2D eigenvalue weighted by atomic mass is 32.2. The molecule has 1 amide bonds. The van der Waals surface area contributed by atoms with Crippen LogP contribution in [-0.2, 0) is 9.84 Å². The molecule has 0 radical (unpaired) electrons. The number of aryl methyl sites for hydroxylation is 2. The van der Waals surface area contributed by atoms with Gasteiger partial charge in [0.05, 0.1) is 23.1 Å².